The van der Waals surface area contributed by atoms with Crippen LogP contribution in [0.3, 0.4) is 0 Å². The fourth-order valence-electron chi connectivity index (χ4n) is 3.97. The van der Waals surface area contributed by atoms with Gasteiger partial charge in [-0.2, -0.15) is 0 Å². The number of carbonyl (C=O) groups excluding carboxylic acids is 1. The molecule has 2 atom stereocenters. The molecule has 2 unspecified atom stereocenters. The molecule has 0 aromatic carbocycles. The monoisotopic (exact) mass is 428 g/mol. The summed E-state index contributed by atoms with van der Waals surface area (Å²) in [6.07, 6.45) is 21.5. The third-order valence-corrected chi connectivity index (χ3v) is 5.98. The third-order valence-electron chi connectivity index (χ3n) is 5.98. The molecule has 0 aliphatic rings. The molecule has 0 heterocycles. The summed E-state index contributed by atoms with van der Waals surface area (Å²) in [6.45, 7) is 4.56. The number of aliphatic hydroxyl groups excluding tert-OH is 2. The minimum absolute atomic E-state index is 0.0580. The molecule has 0 aromatic heterocycles. The molecule has 0 amide bonds. The van der Waals surface area contributed by atoms with Crippen LogP contribution in [0, 0.1) is 0 Å². The number of esters is 1. The largest absolute Gasteiger partial charge is 0.466 e. The van der Waals surface area contributed by atoms with Crippen LogP contribution in [-0.2, 0) is 9.53 Å². The maximum atomic E-state index is 11.2. The molecule has 2 N–H and O–H groups in total. The highest BCUT2D eigenvalue weighted by Gasteiger charge is 2.15. The summed E-state index contributed by atoms with van der Waals surface area (Å²) >= 11 is 0. The van der Waals surface area contributed by atoms with Gasteiger partial charge in [-0.25, -0.2) is 0 Å². The van der Waals surface area contributed by atoms with Gasteiger partial charge in [0.25, 0.3) is 0 Å². The first-order chi connectivity index (χ1) is 14.6. The molecule has 0 radical (unpaired) electrons. The first-order valence-corrected chi connectivity index (χ1v) is 13.1. The van der Waals surface area contributed by atoms with Crippen molar-refractivity contribution in [1.29, 1.82) is 0 Å². The number of carbonyl (C=O) groups is 1. The van der Waals surface area contributed by atoms with Gasteiger partial charge in [-0.1, -0.05) is 110 Å². The van der Waals surface area contributed by atoms with E-state index in [-0.39, 0.29) is 5.97 Å². The van der Waals surface area contributed by atoms with Gasteiger partial charge in [0.15, 0.2) is 0 Å². The van der Waals surface area contributed by atoms with Crippen molar-refractivity contribution in [2.24, 2.45) is 0 Å². The number of rotatable bonds is 23. The maximum Gasteiger partial charge on any atom is 0.305 e. The smallest absolute Gasteiger partial charge is 0.305 e. The van der Waals surface area contributed by atoms with Crippen LogP contribution in [-0.4, -0.2) is 35.0 Å². The summed E-state index contributed by atoms with van der Waals surface area (Å²) < 4.78 is 4.93. The number of hydrogen-bond donors (Lipinski definition) is 2. The Balaban J connectivity index is 3.30. The number of ether oxygens (including phenoxy) is 1. The Morgan fingerprint density at radius 2 is 0.967 bits per heavy atom. The van der Waals surface area contributed by atoms with Gasteiger partial charge < -0.3 is 14.9 Å². The zero-order valence-corrected chi connectivity index (χ0v) is 20.2. The van der Waals surface area contributed by atoms with Crippen LogP contribution in [0.1, 0.15) is 142 Å². The lowest BCUT2D eigenvalue weighted by Crippen LogP contribution is -2.25. The SMILES string of the molecule is CCCCCCCCC(O)C(O)CCCCCCCCCCCCCC(=O)OCC. The molecular formula is C26H52O4. The lowest BCUT2D eigenvalue weighted by atomic mass is 9.99. The highest BCUT2D eigenvalue weighted by atomic mass is 16.5. The normalized spacial score (nSPS) is 13.3. The summed E-state index contributed by atoms with van der Waals surface area (Å²) in [4.78, 5) is 11.2. The quantitative estimate of drug-likeness (QED) is 0.135. The zero-order chi connectivity index (χ0) is 22.3. The molecule has 0 aliphatic carbocycles. The maximum absolute atomic E-state index is 11.2. The topological polar surface area (TPSA) is 66.8 Å². The van der Waals surface area contributed by atoms with Gasteiger partial charge in [-0.05, 0) is 26.2 Å². The molecule has 4 nitrogen and oxygen atoms in total. The van der Waals surface area contributed by atoms with E-state index in [2.05, 4.69) is 6.92 Å². The molecule has 180 valence electrons. The first-order valence-electron chi connectivity index (χ1n) is 13.1. The molecule has 30 heavy (non-hydrogen) atoms. The van der Waals surface area contributed by atoms with Crippen molar-refractivity contribution in [3.63, 3.8) is 0 Å². The Labute approximate surface area is 187 Å². The summed E-state index contributed by atoms with van der Waals surface area (Å²) in [5, 5.41) is 20.2. The molecule has 0 bridgehead atoms. The van der Waals surface area contributed by atoms with E-state index in [1.165, 1.54) is 77.0 Å². The van der Waals surface area contributed by atoms with Gasteiger partial charge in [0.2, 0.25) is 0 Å². The summed E-state index contributed by atoms with van der Waals surface area (Å²) in [5.41, 5.74) is 0. The van der Waals surface area contributed by atoms with Crippen molar-refractivity contribution < 1.29 is 19.7 Å². The number of aliphatic hydroxyl groups is 2. The van der Waals surface area contributed by atoms with Gasteiger partial charge >= 0.3 is 5.97 Å². The van der Waals surface area contributed by atoms with E-state index >= 15 is 0 Å². The average Bonchev–Trinajstić information content (AvgIpc) is 2.73. The van der Waals surface area contributed by atoms with Crippen LogP contribution in [0.15, 0.2) is 0 Å². The molecule has 0 saturated heterocycles. The van der Waals surface area contributed by atoms with Crippen molar-refractivity contribution in [1.82, 2.24) is 0 Å². The fraction of sp³-hybridized carbons (Fsp3) is 0.962. The molecule has 0 rings (SSSR count). The van der Waals surface area contributed by atoms with Crippen LogP contribution in [0.5, 0.6) is 0 Å². The molecule has 0 spiro atoms. The second-order valence-electron chi connectivity index (χ2n) is 8.92. The summed E-state index contributed by atoms with van der Waals surface area (Å²) in [7, 11) is 0. The van der Waals surface area contributed by atoms with E-state index in [9.17, 15) is 15.0 Å². The molecular weight excluding hydrogens is 376 g/mol. The van der Waals surface area contributed by atoms with Gasteiger partial charge in [-0.3, -0.25) is 4.79 Å². The molecule has 0 aliphatic heterocycles. The lowest BCUT2D eigenvalue weighted by molar-refractivity contribution is -0.143. The standard InChI is InChI=1S/C26H52O4/c1-3-5-6-7-15-18-21-24(27)25(28)22-19-16-13-11-9-8-10-12-14-17-20-23-26(29)30-4-2/h24-25,27-28H,3-23H2,1-2H3. The van der Waals surface area contributed by atoms with E-state index in [0.29, 0.717) is 13.0 Å². The zero-order valence-electron chi connectivity index (χ0n) is 20.2. The predicted molar refractivity (Wildman–Crippen MR) is 127 cm³/mol. The van der Waals surface area contributed by atoms with Crippen LogP contribution in [0.25, 0.3) is 0 Å². The fourth-order valence-corrected chi connectivity index (χ4v) is 3.97. The number of hydrogen-bond acceptors (Lipinski definition) is 4. The predicted octanol–water partition coefficient (Wildman–Crippen LogP) is 7.09. The second-order valence-corrected chi connectivity index (χ2v) is 8.92. The van der Waals surface area contributed by atoms with Crippen molar-refractivity contribution in [2.75, 3.05) is 6.61 Å². The highest BCUT2D eigenvalue weighted by molar-refractivity contribution is 5.69. The van der Waals surface area contributed by atoms with E-state index < -0.39 is 12.2 Å². The van der Waals surface area contributed by atoms with Gasteiger partial charge in [0, 0.05) is 6.42 Å². The number of unbranched alkanes of at least 4 members (excludes halogenated alkanes) is 15. The summed E-state index contributed by atoms with van der Waals surface area (Å²) in [6, 6.07) is 0. The first kappa shape index (κ1) is 29.4. The Bertz CT molecular complexity index is 359. The summed E-state index contributed by atoms with van der Waals surface area (Å²) in [5.74, 6) is -0.0580. The van der Waals surface area contributed by atoms with Crippen LogP contribution >= 0.6 is 0 Å². The van der Waals surface area contributed by atoms with E-state index in [0.717, 1.165) is 44.9 Å². The lowest BCUT2D eigenvalue weighted by Gasteiger charge is -2.17. The van der Waals surface area contributed by atoms with E-state index in [1.807, 2.05) is 6.92 Å². The molecule has 0 fully saturated rings. The molecule has 4 heteroatoms. The Morgan fingerprint density at radius 1 is 0.600 bits per heavy atom. The minimum atomic E-state index is -0.538. The van der Waals surface area contributed by atoms with Crippen LogP contribution < -0.4 is 0 Å². The third kappa shape index (κ3) is 20.7. The van der Waals surface area contributed by atoms with Crippen LogP contribution in [0.4, 0.5) is 0 Å². The van der Waals surface area contributed by atoms with Gasteiger partial charge in [0.1, 0.15) is 0 Å². The Hall–Kier alpha value is -0.610. The highest BCUT2D eigenvalue weighted by Crippen LogP contribution is 2.16. The van der Waals surface area contributed by atoms with Gasteiger partial charge in [-0.15, -0.1) is 0 Å². The second kappa shape index (κ2) is 23.1. The van der Waals surface area contributed by atoms with Crippen molar-refractivity contribution in [2.45, 2.75) is 154 Å². The van der Waals surface area contributed by atoms with Gasteiger partial charge in [0.05, 0.1) is 18.8 Å². The minimum Gasteiger partial charge on any atom is -0.466 e. The Morgan fingerprint density at radius 3 is 1.37 bits per heavy atom. The van der Waals surface area contributed by atoms with Crippen molar-refractivity contribution in [3.05, 3.63) is 0 Å². The van der Waals surface area contributed by atoms with E-state index in [4.69, 9.17) is 4.74 Å². The van der Waals surface area contributed by atoms with Crippen molar-refractivity contribution in [3.8, 4) is 0 Å². The van der Waals surface area contributed by atoms with Crippen LogP contribution in [0.2, 0.25) is 0 Å². The molecule has 0 saturated carbocycles. The molecule has 0 aromatic rings. The van der Waals surface area contributed by atoms with Crippen molar-refractivity contribution >= 4 is 5.97 Å². The average molecular weight is 429 g/mol. The Kier molecular flexibility index (Phi) is 22.6. The van der Waals surface area contributed by atoms with E-state index in [1.54, 1.807) is 0 Å².